The SMILES string of the molecule is CCCCOc1c(OCCCC)c(OCCCC)c2c(=O)c2c1CC(N)C(=O)O. The molecule has 2 rings (SSSR count). The van der Waals surface area contributed by atoms with Gasteiger partial charge in [0.15, 0.2) is 16.9 Å². The van der Waals surface area contributed by atoms with Crippen molar-refractivity contribution in [1.29, 1.82) is 0 Å². The number of hydrogen-bond donors (Lipinski definition) is 2. The smallest absolute Gasteiger partial charge is 0.320 e. The zero-order chi connectivity index (χ0) is 21.4. The molecule has 1 atom stereocenters. The number of unbranched alkanes of at least 4 members (excludes halogenated alkanes) is 3. The standard InChI is InChI=1S/C22H33NO6/c1-4-7-10-27-19-14(13-15(23)22(25)26)16-17(18(16)24)20(28-11-8-5-2)21(19)29-12-9-6-3/h15H,4-13,23H2,1-3H3,(H,25,26). The lowest BCUT2D eigenvalue weighted by atomic mass is 10.0. The van der Waals surface area contributed by atoms with Gasteiger partial charge in [-0.2, -0.15) is 0 Å². The minimum Gasteiger partial charge on any atom is -0.489 e. The molecule has 1 unspecified atom stereocenters. The first-order valence-electron chi connectivity index (χ1n) is 10.6. The van der Waals surface area contributed by atoms with Gasteiger partial charge in [0.25, 0.3) is 0 Å². The largest absolute Gasteiger partial charge is 0.489 e. The van der Waals surface area contributed by atoms with Crippen LogP contribution >= 0.6 is 0 Å². The molecule has 0 saturated heterocycles. The fourth-order valence-corrected chi connectivity index (χ4v) is 3.02. The summed E-state index contributed by atoms with van der Waals surface area (Å²) in [6.45, 7) is 7.56. The average Bonchev–Trinajstić information content (AvgIpc) is 3.36. The summed E-state index contributed by atoms with van der Waals surface area (Å²) in [5.74, 6) is 0.113. The van der Waals surface area contributed by atoms with Crippen LogP contribution in [0.25, 0.3) is 10.8 Å². The van der Waals surface area contributed by atoms with Gasteiger partial charge >= 0.3 is 5.97 Å². The van der Waals surface area contributed by atoms with Crippen molar-refractivity contribution in [2.75, 3.05) is 19.8 Å². The minimum atomic E-state index is -1.13. The van der Waals surface area contributed by atoms with Crippen molar-refractivity contribution in [3.63, 3.8) is 0 Å². The quantitative estimate of drug-likeness (QED) is 0.435. The van der Waals surface area contributed by atoms with Crippen molar-refractivity contribution in [1.82, 2.24) is 0 Å². The summed E-state index contributed by atoms with van der Waals surface area (Å²) in [5, 5.41) is 10.2. The lowest BCUT2D eigenvalue weighted by Gasteiger charge is -2.20. The fourth-order valence-electron chi connectivity index (χ4n) is 3.02. The Morgan fingerprint density at radius 1 is 0.862 bits per heavy atom. The molecular weight excluding hydrogens is 374 g/mol. The predicted octanol–water partition coefficient (Wildman–Crippen LogP) is 3.57. The van der Waals surface area contributed by atoms with Gasteiger partial charge in [0.05, 0.1) is 25.2 Å². The summed E-state index contributed by atoms with van der Waals surface area (Å²) in [7, 11) is 0. The van der Waals surface area contributed by atoms with Gasteiger partial charge in [0.2, 0.25) is 5.75 Å². The van der Waals surface area contributed by atoms with E-state index in [1.807, 2.05) is 0 Å². The molecule has 2 aromatic carbocycles. The van der Waals surface area contributed by atoms with Gasteiger partial charge in [-0.05, 0) is 19.3 Å². The van der Waals surface area contributed by atoms with E-state index in [4.69, 9.17) is 19.9 Å². The van der Waals surface area contributed by atoms with Crippen LogP contribution in [-0.4, -0.2) is 36.9 Å². The number of carboxylic acids is 1. The Labute approximate surface area is 171 Å². The topological polar surface area (TPSA) is 108 Å². The number of carboxylic acid groups (broad SMARTS) is 1. The molecule has 0 spiro atoms. The third-order valence-corrected chi connectivity index (χ3v) is 4.83. The van der Waals surface area contributed by atoms with E-state index in [0.717, 1.165) is 38.5 Å². The van der Waals surface area contributed by atoms with Gasteiger partial charge in [-0.3, -0.25) is 9.59 Å². The molecule has 29 heavy (non-hydrogen) atoms. The first kappa shape index (κ1) is 23.0. The van der Waals surface area contributed by atoms with Crippen LogP contribution in [0.4, 0.5) is 0 Å². The molecule has 0 aliphatic carbocycles. The molecule has 0 bridgehead atoms. The first-order chi connectivity index (χ1) is 14.0. The van der Waals surface area contributed by atoms with Crippen molar-refractivity contribution in [2.45, 2.75) is 71.8 Å². The maximum Gasteiger partial charge on any atom is 0.320 e. The van der Waals surface area contributed by atoms with Crippen molar-refractivity contribution < 1.29 is 24.1 Å². The summed E-state index contributed by atoms with van der Waals surface area (Å²) in [6, 6.07) is -1.13. The zero-order valence-corrected chi connectivity index (χ0v) is 17.7. The van der Waals surface area contributed by atoms with E-state index in [0.29, 0.717) is 53.4 Å². The molecule has 7 heteroatoms. The van der Waals surface area contributed by atoms with Crippen molar-refractivity contribution in [2.24, 2.45) is 5.73 Å². The second kappa shape index (κ2) is 11.0. The highest BCUT2D eigenvalue weighted by molar-refractivity contribution is 6.08. The van der Waals surface area contributed by atoms with E-state index in [2.05, 4.69) is 20.8 Å². The van der Waals surface area contributed by atoms with Crippen LogP contribution in [0.15, 0.2) is 4.79 Å². The van der Waals surface area contributed by atoms with E-state index in [1.165, 1.54) is 0 Å². The normalized spacial score (nSPS) is 12.4. The number of fused-ring (bicyclic) bond motifs is 1. The molecule has 0 radical (unpaired) electrons. The number of carbonyl (C=O) groups is 1. The molecule has 0 heterocycles. The molecule has 0 saturated carbocycles. The second-order valence-corrected chi connectivity index (χ2v) is 7.30. The number of hydrogen-bond acceptors (Lipinski definition) is 6. The number of aliphatic carboxylic acids is 1. The Hall–Kier alpha value is -2.28. The monoisotopic (exact) mass is 407 g/mol. The molecule has 0 aromatic heterocycles. The van der Waals surface area contributed by atoms with E-state index in [9.17, 15) is 14.7 Å². The number of benzene rings is 1. The Bertz CT molecular complexity index is 821. The third kappa shape index (κ3) is 5.63. The second-order valence-electron chi connectivity index (χ2n) is 7.30. The van der Waals surface area contributed by atoms with Gasteiger partial charge < -0.3 is 25.1 Å². The van der Waals surface area contributed by atoms with Crippen molar-refractivity contribution in [3.05, 3.63) is 15.8 Å². The number of nitrogens with two attached hydrogens (primary N) is 1. The van der Waals surface area contributed by atoms with Crippen LogP contribution < -0.4 is 25.4 Å². The van der Waals surface area contributed by atoms with Crippen molar-refractivity contribution >= 4 is 16.7 Å². The Morgan fingerprint density at radius 3 is 1.83 bits per heavy atom. The van der Waals surface area contributed by atoms with Crippen LogP contribution in [0.1, 0.15) is 64.9 Å². The van der Waals surface area contributed by atoms with Crippen LogP contribution in [0.2, 0.25) is 0 Å². The molecule has 162 valence electrons. The Kier molecular flexibility index (Phi) is 8.76. The van der Waals surface area contributed by atoms with Crippen molar-refractivity contribution in [3.8, 4) is 17.2 Å². The Balaban J connectivity index is 2.52. The summed E-state index contributed by atoms with van der Waals surface area (Å²) in [6.07, 6.45) is 5.40. The number of ether oxygens (including phenoxy) is 3. The molecule has 0 aliphatic heterocycles. The predicted molar refractivity (Wildman–Crippen MR) is 113 cm³/mol. The highest BCUT2D eigenvalue weighted by Gasteiger charge is 2.33. The molecule has 0 aliphatic rings. The van der Waals surface area contributed by atoms with E-state index in [-0.39, 0.29) is 11.8 Å². The van der Waals surface area contributed by atoms with Crippen LogP contribution in [0, 0.1) is 0 Å². The van der Waals surface area contributed by atoms with E-state index >= 15 is 0 Å². The molecule has 3 N–H and O–H groups in total. The molecule has 2 aromatic rings. The maximum atomic E-state index is 12.6. The Morgan fingerprint density at radius 2 is 1.34 bits per heavy atom. The molecule has 7 nitrogen and oxygen atoms in total. The van der Waals surface area contributed by atoms with Gasteiger partial charge in [-0.1, -0.05) is 40.0 Å². The number of rotatable bonds is 15. The lowest BCUT2D eigenvalue weighted by molar-refractivity contribution is -0.138. The highest BCUT2D eigenvalue weighted by Crippen LogP contribution is 2.49. The molecule has 0 fully saturated rings. The maximum absolute atomic E-state index is 12.6. The molecule has 0 amide bonds. The minimum absolute atomic E-state index is 0.00421. The first-order valence-corrected chi connectivity index (χ1v) is 10.6. The van der Waals surface area contributed by atoms with Gasteiger partial charge in [0, 0.05) is 17.4 Å². The fraction of sp³-hybridized carbons (Fsp3) is 0.636. The summed E-state index contributed by atoms with van der Waals surface area (Å²) in [4.78, 5) is 23.9. The van der Waals surface area contributed by atoms with Crippen LogP contribution in [-0.2, 0) is 11.2 Å². The van der Waals surface area contributed by atoms with E-state index < -0.39 is 12.0 Å². The van der Waals surface area contributed by atoms with Crippen LogP contribution in [0.5, 0.6) is 17.2 Å². The van der Waals surface area contributed by atoms with Gasteiger partial charge in [-0.15, -0.1) is 0 Å². The summed E-state index contributed by atoms with van der Waals surface area (Å²) >= 11 is 0. The highest BCUT2D eigenvalue weighted by atomic mass is 16.5. The lowest BCUT2D eigenvalue weighted by Crippen LogP contribution is -2.32. The summed E-state index contributed by atoms with van der Waals surface area (Å²) < 4.78 is 18.0. The summed E-state index contributed by atoms with van der Waals surface area (Å²) in [5.41, 5.74) is 6.15. The van der Waals surface area contributed by atoms with Gasteiger partial charge in [-0.25, -0.2) is 0 Å². The van der Waals surface area contributed by atoms with Gasteiger partial charge in [0.1, 0.15) is 6.04 Å². The average molecular weight is 408 g/mol. The third-order valence-electron chi connectivity index (χ3n) is 4.83. The van der Waals surface area contributed by atoms with E-state index in [1.54, 1.807) is 0 Å². The van der Waals surface area contributed by atoms with Crippen LogP contribution in [0.3, 0.4) is 0 Å². The molecular formula is C22H33NO6. The zero-order valence-electron chi connectivity index (χ0n) is 17.7.